The van der Waals surface area contributed by atoms with Gasteiger partial charge in [-0.3, -0.25) is 0 Å². The van der Waals surface area contributed by atoms with E-state index < -0.39 is 0 Å². The standard InChI is InChI=1S/C10H14N2O2/c1-3-12-9-7(10(13)14-2)5-4-6-8(9)11/h4-6,12H,3,11H2,1-2H3. The third kappa shape index (κ3) is 1.96. The maximum atomic E-state index is 11.3. The summed E-state index contributed by atoms with van der Waals surface area (Å²) in [6.45, 7) is 2.64. The number of carbonyl (C=O) groups excluding carboxylic acids is 1. The number of carbonyl (C=O) groups is 1. The average molecular weight is 194 g/mol. The molecular weight excluding hydrogens is 180 g/mol. The summed E-state index contributed by atoms with van der Waals surface area (Å²) in [6.07, 6.45) is 0. The monoisotopic (exact) mass is 194 g/mol. The van der Waals surface area contributed by atoms with Crippen LogP contribution in [0, 0.1) is 0 Å². The van der Waals surface area contributed by atoms with Crippen LogP contribution in [0.5, 0.6) is 0 Å². The van der Waals surface area contributed by atoms with Crippen LogP contribution in [-0.4, -0.2) is 19.6 Å². The molecule has 1 rings (SSSR count). The lowest BCUT2D eigenvalue weighted by atomic mass is 10.1. The minimum absolute atomic E-state index is 0.381. The van der Waals surface area contributed by atoms with E-state index in [2.05, 4.69) is 10.1 Å². The van der Waals surface area contributed by atoms with Crippen LogP contribution in [0.1, 0.15) is 17.3 Å². The van der Waals surface area contributed by atoms with E-state index in [1.54, 1.807) is 18.2 Å². The highest BCUT2D eigenvalue weighted by Crippen LogP contribution is 2.23. The highest BCUT2D eigenvalue weighted by Gasteiger charge is 2.12. The Balaban J connectivity index is 3.13. The normalized spacial score (nSPS) is 9.57. The van der Waals surface area contributed by atoms with Crippen molar-refractivity contribution in [2.24, 2.45) is 0 Å². The van der Waals surface area contributed by atoms with E-state index in [0.717, 1.165) is 0 Å². The van der Waals surface area contributed by atoms with Crippen LogP contribution in [0.15, 0.2) is 18.2 Å². The highest BCUT2D eigenvalue weighted by molar-refractivity contribution is 5.98. The van der Waals surface area contributed by atoms with Gasteiger partial charge in [0.25, 0.3) is 0 Å². The third-order valence-electron chi connectivity index (χ3n) is 1.86. The summed E-state index contributed by atoms with van der Waals surface area (Å²) in [6, 6.07) is 5.15. The molecule has 0 fully saturated rings. The van der Waals surface area contributed by atoms with E-state index in [1.807, 2.05) is 6.92 Å². The molecule has 0 spiro atoms. The van der Waals surface area contributed by atoms with Crippen LogP contribution in [0.4, 0.5) is 11.4 Å². The first-order chi connectivity index (χ1) is 6.70. The average Bonchev–Trinajstić information content (AvgIpc) is 2.20. The second kappa shape index (κ2) is 4.50. The van der Waals surface area contributed by atoms with Crippen molar-refractivity contribution in [2.45, 2.75) is 6.92 Å². The van der Waals surface area contributed by atoms with Crippen LogP contribution < -0.4 is 11.1 Å². The van der Waals surface area contributed by atoms with Crippen molar-refractivity contribution in [3.8, 4) is 0 Å². The first-order valence-electron chi connectivity index (χ1n) is 4.41. The second-order valence-corrected chi connectivity index (χ2v) is 2.79. The first kappa shape index (κ1) is 10.4. The van der Waals surface area contributed by atoms with E-state index in [9.17, 15) is 4.79 Å². The topological polar surface area (TPSA) is 64.3 Å². The quantitative estimate of drug-likeness (QED) is 0.565. The lowest BCUT2D eigenvalue weighted by molar-refractivity contribution is 0.0602. The molecule has 0 amide bonds. The van der Waals surface area contributed by atoms with Gasteiger partial charge >= 0.3 is 5.97 Å². The molecular formula is C10H14N2O2. The van der Waals surface area contributed by atoms with Gasteiger partial charge in [0.15, 0.2) is 0 Å². The van der Waals surface area contributed by atoms with Crippen molar-refractivity contribution >= 4 is 17.3 Å². The Morgan fingerprint density at radius 2 is 2.29 bits per heavy atom. The molecule has 1 aromatic carbocycles. The Morgan fingerprint density at radius 1 is 1.57 bits per heavy atom. The van der Waals surface area contributed by atoms with Crippen molar-refractivity contribution in [3.05, 3.63) is 23.8 Å². The van der Waals surface area contributed by atoms with Crippen LogP contribution in [0.25, 0.3) is 0 Å². The molecule has 0 bridgehead atoms. The zero-order valence-corrected chi connectivity index (χ0v) is 8.33. The van der Waals surface area contributed by atoms with E-state index in [-0.39, 0.29) is 5.97 Å². The molecule has 0 unspecified atom stereocenters. The number of methoxy groups -OCH3 is 1. The molecule has 1 aromatic rings. The molecule has 76 valence electrons. The number of hydrogen-bond donors (Lipinski definition) is 2. The third-order valence-corrected chi connectivity index (χ3v) is 1.86. The molecule has 3 N–H and O–H groups in total. The van der Waals surface area contributed by atoms with Gasteiger partial charge in [0.2, 0.25) is 0 Å². The summed E-state index contributed by atoms with van der Waals surface area (Å²) in [4.78, 5) is 11.3. The van der Waals surface area contributed by atoms with Crippen LogP contribution >= 0.6 is 0 Å². The number of anilines is 2. The Bertz CT molecular complexity index is 337. The lowest BCUT2D eigenvalue weighted by Crippen LogP contribution is -2.09. The Hall–Kier alpha value is -1.71. The van der Waals surface area contributed by atoms with E-state index in [4.69, 9.17) is 5.73 Å². The number of nitrogens with two attached hydrogens (primary N) is 1. The summed E-state index contributed by atoms with van der Waals surface area (Å²) in [5.74, 6) is -0.381. The molecule has 4 nitrogen and oxygen atoms in total. The fourth-order valence-corrected chi connectivity index (χ4v) is 1.22. The summed E-state index contributed by atoms with van der Waals surface area (Å²) in [5.41, 5.74) is 7.39. The van der Waals surface area contributed by atoms with Crippen molar-refractivity contribution in [1.29, 1.82) is 0 Å². The number of benzene rings is 1. The fourth-order valence-electron chi connectivity index (χ4n) is 1.22. The Kier molecular flexibility index (Phi) is 3.34. The number of ether oxygens (including phenoxy) is 1. The molecule has 0 aliphatic rings. The number of hydrogen-bond acceptors (Lipinski definition) is 4. The number of esters is 1. The van der Waals surface area contributed by atoms with E-state index >= 15 is 0 Å². The number of rotatable bonds is 3. The molecule has 0 aliphatic heterocycles. The van der Waals surface area contributed by atoms with Crippen molar-refractivity contribution in [2.75, 3.05) is 24.7 Å². The molecule has 0 atom stereocenters. The molecule has 0 heterocycles. The maximum Gasteiger partial charge on any atom is 0.340 e. The molecule has 0 aromatic heterocycles. The predicted octanol–water partition coefficient (Wildman–Crippen LogP) is 1.49. The van der Waals surface area contributed by atoms with Crippen molar-refractivity contribution in [3.63, 3.8) is 0 Å². The largest absolute Gasteiger partial charge is 0.465 e. The zero-order valence-electron chi connectivity index (χ0n) is 8.33. The van der Waals surface area contributed by atoms with Crippen LogP contribution in [-0.2, 0) is 4.74 Å². The van der Waals surface area contributed by atoms with Crippen molar-refractivity contribution in [1.82, 2.24) is 0 Å². The van der Waals surface area contributed by atoms with E-state index in [1.165, 1.54) is 7.11 Å². The van der Waals surface area contributed by atoms with Crippen LogP contribution in [0.2, 0.25) is 0 Å². The predicted molar refractivity (Wildman–Crippen MR) is 56.4 cm³/mol. The lowest BCUT2D eigenvalue weighted by Gasteiger charge is -2.11. The van der Waals surface area contributed by atoms with Gasteiger partial charge < -0.3 is 15.8 Å². The summed E-state index contributed by atoms with van der Waals surface area (Å²) < 4.78 is 4.64. The van der Waals surface area contributed by atoms with Crippen LogP contribution in [0.3, 0.4) is 0 Å². The van der Waals surface area contributed by atoms with Gasteiger partial charge in [-0.1, -0.05) is 6.07 Å². The molecule has 0 saturated carbocycles. The first-order valence-corrected chi connectivity index (χ1v) is 4.41. The summed E-state index contributed by atoms with van der Waals surface area (Å²) >= 11 is 0. The van der Waals surface area contributed by atoms with Gasteiger partial charge in [-0.15, -0.1) is 0 Å². The minimum Gasteiger partial charge on any atom is -0.465 e. The molecule has 14 heavy (non-hydrogen) atoms. The Morgan fingerprint density at radius 3 is 2.86 bits per heavy atom. The molecule has 0 saturated heterocycles. The SMILES string of the molecule is CCNc1c(N)cccc1C(=O)OC. The van der Waals surface area contributed by atoms with Gasteiger partial charge in [-0.05, 0) is 19.1 Å². The van der Waals surface area contributed by atoms with Gasteiger partial charge in [0, 0.05) is 6.54 Å². The second-order valence-electron chi connectivity index (χ2n) is 2.79. The fraction of sp³-hybridized carbons (Fsp3) is 0.300. The Labute approximate surface area is 83.1 Å². The minimum atomic E-state index is -0.381. The number of para-hydroxylation sites is 1. The van der Waals surface area contributed by atoms with Gasteiger partial charge in [0.05, 0.1) is 24.0 Å². The number of nitrogens with one attached hydrogen (secondary N) is 1. The maximum absolute atomic E-state index is 11.3. The van der Waals surface area contributed by atoms with Gasteiger partial charge in [-0.2, -0.15) is 0 Å². The smallest absolute Gasteiger partial charge is 0.340 e. The van der Waals surface area contributed by atoms with Gasteiger partial charge in [-0.25, -0.2) is 4.79 Å². The zero-order chi connectivity index (χ0) is 10.6. The number of nitrogen functional groups attached to an aromatic ring is 1. The molecule has 0 radical (unpaired) electrons. The highest BCUT2D eigenvalue weighted by atomic mass is 16.5. The molecule has 4 heteroatoms. The summed E-state index contributed by atoms with van der Waals surface area (Å²) in [7, 11) is 1.35. The molecule has 0 aliphatic carbocycles. The van der Waals surface area contributed by atoms with Crippen molar-refractivity contribution < 1.29 is 9.53 Å². The van der Waals surface area contributed by atoms with Gasteiger partial charge in [0.1, 0.15) is 0 Å². The summed E-state index contributed by atoms with van der Waals surface area (Å²) in [5, 5.41) is 3.03. The van der Waals surface area contributed by atoms with E-state index in [0.29, 0.717) is 23.5 Å².